The van der Waals surface area contributed by atoms with Gasteiger partial charge in [-0.2, -0.15) is 0 Å². The number of methoxy groups -OCH3 is 1. The lowest BCUT2D eigenvalue weighted by Crippen LogP contribution is -2.53. The number of nitrogens with zero attached hydrogens (tertiary/aromatic N) is 2. The van der Waals surface area contributed by atoms with E-state index in [9.17, 15) is 19.5 Å². The van der Waals surface area contributed by atoms with Crippen molar-refractivity contribution in [3.05, 3.63) is 48.5 Å². The van der Waals surface area contributed by atoms with E-state index in [0.29, 0.717) is 41.9 Å². The van der Waals surface area contributed by atoms with Crippen molar-refractivity contribution in [2.75, 3.05) is 49.3 Å². The molecule has 3 N–H and O–H groups in total. The fourth-order valence-corrected chi connectivity index (χ4v) is 5.61. The van der Waals surface area contributed by atoms with Gasteiger partial charge in [-0.15, -0.1) is 11.8 Å². The monoisotopic (exact) mass is 512 g/mol. The van der Waals surface area contributed by atoms with Crippen LogP contribution in [0.25, 0.3) is 0 Å². The molecule has 4 rings (SSSR count). The maximum atomic E-state index is 13.6. The van der Waals surface area contributed by atoms with E-state index in [1.54, 1.807) is 36.3 Å². The second-order valence-corrected chi connectivity index (χ2v) is 9.98. The van der Waals surface area contributed by atoms with Gasteiger partial charge in [-0.3, -0.25) is 9.59 Å². The summed E-state index contributed by atoms with van der Waals surface area (Å²) in [4.78, 5) is 43.7. The van der Waals surface area contributed by atoms with Crippen LogP contribution < -0.4 is 20.3 Å². The van der Waals surface area contributed by atoms with Crippen molar-refractivity contribution >= 4 is 41.0 Å². The van der Waals surface area contributed by atoms with Gasteiger partial charge in [0.05, 0.1) is 12.8 Å². The van der Waals surface area contributed by atoms with Crippen LogP contribution in [0.15, 0.2) is 53.4 Å². The maximum absolute atomic E-state index is 13.6. The Morgan fingerprint density at radius 2 is 1.92 bits per heavy atom. The van der Waals surface area contributed by atoms with E-state index in [0.717, 1.165) is 24.2 Å². The number of ether oxygens (including phenoxy) is 1. The van der Waals surface area contributed by atoms with Crippen LogP contribution in [-0.2, 0) is 9.59 Å². The van der Waals surface area contributed by atoms with Gasteiger partial charge in [0.25, 0.3) is 5.91 Å². The van der Waals surface area contributed by atoms with Crippen molar-refractivity contribution in [2.45, 2.75) is 30.2 Å². The second kappa shape index (κ2) is 12.1. The number of aliphatic hydroxyl groups is 1. The number of carbonyl (C=O) groups excluding carboxylic acids is 3. The van der Waals surface area contributed by atoms with Crippen LogP contribution in [0, 0.1) is 5.92 Å². The number of thioether (sulfide) groups is 1. The number of likely N-dealkylation sites (tertiary alicyclic amines) is 1. The third kappa shape index (κ3) is 6.30. The summed E-state index contributed by atoms with van der Waals surface area (Å²) in [6.45, 7) is 1.31. The van der Waals surface area contributed by atoms with E-state index in [2.05, 4.69) is 10.6 Å². The first-order valence-corrected chi connectivity index (χ1v) is 13.1. The van der Waals surface area contributed by atoms with Gasteiger partial charge in [0.15, 0.2) is 0 Å². The molecule has 2 aliphatic heterocycles. The predicted octanol–water partition coefficient (Wildman–Crippen LogP) is 2.95. The highest BCUT2D eigenvalue weighted by Crippen LogP contribution is 2.34. The highest BCUT2D eigenvalue weighted by Gasteiger charge is 2.34. The van der Waals surface area contributed by atoms with Crippen molar-refractivity contribution in [2.24, 2.45) is 5.92 Å². The van der Waals surface area contributed by atoms with Crippen LogP contribution in [0.4, 0.5) is 16.2 Å². The molecule has 2 aromatic carbocycles. The summed E-state index contributed by atoms with van der Waals surface area (Å²) >= 11 is 1.47. The molecular weight excluding hydrogens is 480 g/mol. The van der Waals surface area contributed by atoms with Crippen LogP contribution in [0.3, 0.4) is 0 Å². The highest BCUT2D eigenvalue weighted by atomic mass is 32.2. The van der Waals surface area contributed by atoms with E-state index < -0.39 is 12.1 Å². The van der Waals surface area contributed by atoms with Gasteiger partial charge in [-0.05, 0) is 49.4 Å². The van der Waals surface area contributed by atoms with Gasteiger partial charge >= 0.3 is 6.03 Å². The topological polar surface area (TPSA) is 111 Å². The lowest BCUT2D eigenvalue weighted by atomic mass is 9.94. The Kier molecular flexibility index (Phi) is 8.71. The molecule has 1 unspecified atom stereocenters. The number of rotatable bonds is 7. The Bertz CT molecular complexity index is 1090. The third-order valence-electron chi connectivity index (χ3n) is 6.56. The van der Waals surface area contributed by atoms with Crippen molar-refractivity contribution in [1.29, 1.82) is 0 Å². The van der Waals surface area contributed by atoms with Crippen LogP contribution in [0.2, 0.25) is 0 Å². The molecule has 36 heavy (non-hydrogen) atoms. The zero-order chi connectivity index (χ0) is 25.5. The molecular formula is C26H32N4O5S. The molecule has 1 saturated heterocycles. The number of carbonyl (C=O) groups is 3. The summed E-state index contributed by atoms with van der Waals surface area (Å²) in [6, 6.07) is 13.1. The molecule has 2 aliphatic rings. The minimum Gasteiger partial charge on any atom is -0.497 e. The molecule has 0 aliphatic carbocycles. The molecule has 0 aromatic heterocycles. The average Bonchev–Trinajstić information content (AvgIpc) is 3.01. The van der Waals surface area contributed by atoms with Crippen LogP contribution in [0.5, 0.6) is 5.75 Å². The van der Waals surface area contributed by atoms with E-state index in [-0.39, 0.29) is 25.0 Å². The lowest BCUT2D eigenvalue weighted by molar-refractivity contribution is -0.132. The van der Waals surface area contributed by atoms with Gasteiger partial charge in [-0.25, -0.2) is 4.79 Å². The van der Waals surface area contributed by atoms with Crippen molar-refractivity contribution in [3.8, 4) is 5.75 Å². The van der Waals surface area contributed by atoms with Gasteiger partial charge < -0.3 is 30.3 Å². The van der Waals surface area contributed by atoms with E-state index >= 15 is 0 Å². The van der Waals surface area contributed by atoms with Crippen molar-refractivity contribution in [3.63, 3.8) is 0 Å². The Balaban J connectivity index is 1.45. The first-order valence-electron chi connectivity index (χ1n) is 12.1. The van der Waals surface area contributed by atoms with Crippen molar-refractivity contribution in [1.82, 2.24) is 10.2 Å². The molecule has 2 aromatic rings. The lowest BCUT2D eigenvalue weighted by Gasteiger charge is -2.34. The molecule has 0 bridgehead atoms. The van der Waals surface area contributed by atoms with Crippen LogP contribution in [-0.4, -0.2) is 73.0 Å². The normalized spacial score (nSPS) is 18.3. The molecule has 4 amide bonds. The molecule has 192 valence electrons. The number of fused-ring (bicyclic) bond motifs is 1. The molecule has 1 atom stereocenters. The Morgan fingerprint density at radius 1 is 1.14 bits per heavy atom. The number of nitrogens with one attached hydrogen (secondary N) is 2. The number of hydrogen-bond acceptors (Lipinski definition) is 6. The summed E-state index contributed by atoms with van der Waals surface area (Å²) in [7, 11) is 1.55. The molecule has 10 heteroatoms. The fourth-order valence-electron chi connectivity index (χ4n) is 4.54. The SMILES string of the molecule is COc1cccc(NC(=O)NC2CSc3ccccc3N(CC(=O)N3CCC(CCO)CC3)C2=O)c1. The predicted molar refractivity (Wildman–Crippen MR) is 139 cm³/mol. The summed E-state index contributed by atoms with van der Waals surface area (Å²) in [5.41, 5.74) is 1.22. The molecule has 0 saturated carbocycles. The number of para-hydroxylation sites is 1. The number of benzene rings is 2. The summed E-state index contributed by atoms with van der Waals surface area (Å²) in [6.07, 6.45) is 2.45. The molecule has 9 nitrogen and oxygen atoms in total. The summed E-state index contributed by atoms with van der Waals surface area (Å²) in [5.74, 6) is 0.935. The van der Waals surface area contributed by atoms with Gasteiger partial charge in [0.1, 0.15) is 18.3 Å². The minimum atomic E-state index is -0.809. The van der Waals surface area contributed by atoms with Crippen LogP contribution in [0.1, 0.15) is 19.3 Å². The standard InChI is InChI=1S/C26H32N4O5S/c1-35-20-6-4-5-19(15-20)27-26(34)28-21-17-36-23-8-3-2-7-22(23)30(25(21)33)16-24(32)29-12-9-18(10-13-29)11-14-31/h2-8,15,18,21,31H,9-14,16-17H2,1H3,(H2,27,28,34). The zero-order valence-corrected chi connectivity index (χ0v) is 21.1. The number of hydrogen-bond donors (Lipinski definition) is 3. The zero-order valence-electron chi connectivity index (χ0n) is 20.3. The number of aliphatic hydroxyl groups excluding tert-OH is 1. The number of amides is 4. The van der Waals surface area contributed by atoms with Crippen molar-refractivity contribution < 1.29 is 24.2 Å². The Labute approximate surface area is 215 Å². The minimum absolute atomic E-state index is 0.0866. The van der Waals surface area contributed by atoms with Crippen LogP contribution >= 0.6 is 11.8 Å². The molecule has 2 heterocycles. The average molecular weight is 513 g/mol. The van der Waals surface area contributed by atoms with E-state index in [4.69, 9.17) is 4.74 Å². The summed E-state index contributed by atoms with van der Waals surface area (Å²) < 4.78 is 5.19. The first-order chi connectivity index (χ1) is 17.5. The molecule has 1 fully saturated rings. The second-order valence-electron chi connectivity index (χ2n) is 8.92. The highest BCUT2D eigenvalue weighted by molar-refractivity contribution is 7.99. The fraction of sp³-hybridized carbons (Fsp3) is 0.423. The smallest absolute Gasteiger partial charge is 0.319 e. The first kappa shape index (κ1) is 25.8. The largest absolute Gasteiger partial charge is 0.497 e. The Morgan fingerprint density at radius 3 is 2.67 bits per heavy atom. The van der Waals surface area contributed by atoms with E-state index in [1.165, 1.54) is 16.7 Å². The maximum Gasteiger partial charge on any atom is 0.319 e. The van der Waals surface area contributed by atoms with Gasteiger partial charge in [0, 0.05) is 42.1 Å². The number of anilines is 2. The van der Waals surface area contributed by atoms with E-state index in [1.807, 2.05) is 24.3 Å². The molecule has 0 radical (unpaired) electrons. The summed E-state index contributed by atoms with van der Waals surface area (Å²) in [5, 5.41) is 14.7. The van der Waals surface area contributed by atoms with Gasteiger partial charge in [-0.1, -0.05) is 18.2 Å². The number of piperidine rings is 1. The molecule has 0 spiro atoms. The number of urea groups is 1. The Hall–Kier alpha value is -3.24. The van der Waals surface area contributed by atoms with Gasteiger partial charge in [0.2, 0.25) is 5.91 Å². The third-order valence-corrected chi connectivity index (χ3v) is 7.71. The quantitative estimate of drug-likeness (QED) is 0.526.